The molecule has 0 radical (unpaired) electrons. The normalized spacial score (nSPS) is 10.6. The lowest BCUT2D eigenvalue weighted by Crippen LogP contribution is -2.32. The van der Waals surface area contributed by atoms with E-state index >= 15 is 0 Å². The van der Waals surface area contributed by atoms with Gasteiger partial charge < -0.3 is 4.90 Å². The molecule has 5 nitrogen and oxygen atoms in total. The van der Waals surface area contributed by atoms with Crippen LogP contribution in [-0.4, -0.2) is 34.1 Å². The molecular formula is C14H17N3O2. The first-order valence-corrected chi connectivity index (χ1v) is 6.41. The van der Waals surface area contributed by atoms with Crippen molar-refractivity contribution in [2.24, 2.45) is 0 Å². The number of nitrogens with one attached hydrogen (secondary N) is 1. The van der Waals surface area contributed by atoms with Crippen LogP contribution in [0, 0.1) is 0 Å². The molecule has 100 valence electrons. The number of aromatic nitrogens is 2. The van der Waals surface area contributed by atoms with Crippen LogP contribution in [0.15, 0.2) is 29.1 Å². The number of hydrogen-bond acceptors (Lipinski definition) is 3. The molecule has 2 aromatic rings. The predicted molar refractivity (Wildman–Crippen MR) is 74.0 cm³/mol. The SMILES string of the molecule is CCN(CC)C(=O)Cc1n[nH]c(=O)c2ccccc12. The Bertz CT molecular complexity index is 644. The first-order chi connectivity index (χ1) is 9.17. The maximum absolute atomic E-state index is 12.1. The van der Waals surface area contributed by atoms with Crippen molar-refractivity contribution in [3.63, 3.8) is 0 Å². The molecule has 0 bridgehead atoms. The zero-order valence-electron chi connectivity index (χ0n) is 11.1. The van der Waals surface area contributed by atoms with Gasteiger partial charge in [-0.05, 0) is 19.9 Å². The first kappa shape index (κ1) is 13.3. The van der Waals surface area contributed by atoms with E-state index in [1.807, 2.05) is 26.0 Å². The summed E-state index contributed by atoms with van der Waals surface area (Å²) in [4.78, 5) is 25.5. The van der Waals surface area contributed by atoms with Crippen LogP contribution in [-0.2, 0) is 11.2 Å². The highest BCUT2D eigenvalue weighted by atomic mass is 16.2. The van der Waals surface area contributed by atoms with E-state index in [2.05, 4.69) is 10.2 Å². The number of aromatic amines is 1. The van der Waals surface area contributed by atoms with Crippen LogP contribution in [0.3, 0.4) is 0 Å². The highest BCUT2D eigenvalue weighted by molar-refractivity contribution is 5.88. The smallest absolute Gasteiger partial charge is 0.272 e. The van der Waals surface area contributed by atoms with E-state index in [1.165, 1.54) is 0 Å². The fourth-order valence-electron chi connectivity index (χ4n) is 2.14. The molecule has 19 heavy (non-hydrogen) atoms. The largest absolute Gasteiger partial charge is 0.343 e. The van der Waals surface area contributed by atoms with Crippen molar-refractivity contribution in [1.82, 2.24) is 15.1 Å². The second kappa shape index (κ2) is 5.65. The molecule has 0 aliphatic heterocycles. The number of nitrogens with zero attached hydrogens (tertiary/aromatic N) is 2. The Labute approximate surface area is 111 Å². The number of H-pyrrole nitrogens is 1. The molecule has 1 aromatic heterocycles. The van der Waals surface area contributed by atoms with Gasteiger partial charge in [-0.25, -0.2) is 5.10 Å². The standard InChI is InChI=1S/C14H17N3O2/c1-3-17(4-2)13(18)9-12-10-7-5-6-8-11(10)14(19)16-15-12/h5-8H,3-4,9H2,1-2H3,(H,16,19). The van der Waals surface area contributed by atoms with Gasteiger partial charge in [0.25, 0.3) is 5.56 Å². The van der Waals surface area contributed by atoms with Gasteiger partial charge in [-0.1, -0.05) is 18.2 Å². The van der Waals surface area contributed by atoms with E-state index in [0.717, 1.165) is 5.39 Å². The van der Waals surface area contributed by atoms with Crippen LogP contribution >= 0.6 is 0 Å². The van der Waals surface area contributed by atoms with E-state index in [4.69, 9.17) is 0 Å². The van der Waals surface area contributed by atoms with Crippen LogP contribution in [0.4, 0.5) is 0 Å². The number of carbonyl (C=O) groups is 1. The molecule has 1 N–H and O–H groups in total. The topological polar surface area (TPSA) is 66.1 Å². The van der Waals surface area contributed by atoms with E-state index < -0.39 is 0 Å². The summed E-state index contributed by atoms with van der Waals surface area (Å²) >= 11 is 0. The zero-order valence-corrected chi connectivity index (χ0v) is 11.1. The van der Waals surface area contributed by atoms with Crippen molar-refractivity contribution in [3.05, 3.63) is 40.3 Å². The minimum absolute atomic E-state index is 0.0229. The Morgan fingerprint density at radius 3 is 2.47 bits per heavy atom. The summed E-state index contributed by atoms with van der Waals surface area (Å²) in [5.41, 5.74) is 0.390. The van der Waals surface area contributed by atoms with Crippen molar-refractivity contribution < 1.29 is 4.79 Å². The van der Waals surface area contributed by atoms with Crippen molar-refractivity contribution in [2.45, 2.75) is 20.3 Å². The van der Waals surface area contributed by atoms with Gasteiger partial charge in [-0.2, -0.15) is 5.10 Å². The highest BCUT2D eigenvalue weighted by Crippen LogP contribution is 2.13. The third-order valence-electron chi connectivity index (χ3n) is 3.21. The van der Waals surface area contributed by atoms with Crippen molar-refractivity contribution >= 4 is 16.7 Å². The lowest BCUT2D eigenvalue weighted by molar-refractivity contribution is -0.130. The van der Waals surface area contributed by atoms with Crippen LogP contribution in [0.5, 0.6) is 0 Å². The summed E-state index contributed by atoms with van der Waals surface area (Å²) in [7, 11) is 0. The summed E-state index contributed by atoms with van der Waals surface area (Å²) in [5.74, 6) is 0.0229. The number of fused-ring (bicyclic) bond motifs is 1. The molecule has 0 aliphatic carbocycles. The number of carbonyl (C=O) groups excluding carboxylic acids is 1. The zero-order chi connectivity index (χ0) is 13.8. The third-order valence-corrected chi connectivity index (χ3v) is 3.21. The second-order valence-electron chi connectivity index (χ2n) is 4.29. The van der Waals surface area contributed by atoms with Crippen LogP contribution in [0.2, 0.25) is 0 Å². The minimum atomic E-state index is -0.227. The van der Waals surface area contributed by atoms with Crippen LogP contribution in [0.25, 0.3) is 10.8 Å². The predicted octanol–water partition coefficient (Wildman–Crippen LogP) is 1.33. The van der Waals surface area contributed by atoms with Gasteiger partial charge in [0.2, 0.25) is 5.91 Å². The average molecular weight is 259 g/mol. The quantitative estimate of drug-likeness (QED) is 0.901. The van der Waals surface area contributed by atoms with Crippen LogP contribution < -0.4 is 5.56 Å². The number of likely N-dealkylation sites (N-methyl/N-ethyl adjacent to an activating group) is 1. The van der Waals surface area contributed by atoms with Gasteiger partial charge in [-0.15, -0.1) is 0 Å². The molecule has 0 spiro atoms. The monoisotopic (exact) mass is 259 g/mol. The molecule has 1 aromatic carbocycles. The van der Waals surface area contributed by atoms with Crippen molar-refractivity contribution in [1.29, 1.82) is 0 Å². The second-order valence-corrected chi connectivity index (χ2v) is 4.29. The maximum Gasteiger partial charge on any atom is 0.272 e. The van der Waals surface area contributed by atoms with Gasteiger partial charge in [0.05, 0.1) is 17.5 Å². The Morgan fingerprint density at radius 2 is 1.84 bits per heavy atom. The fraction of sp³-hybridized carbons (Fsp3) is 0.357. The average Bonchev–Trinajstić information content (AvgIpc) is 2.44. The summed E-state index contributed by atoms with van der Waals surface area (Å²) in [6, 6.07) is 7.20. The summed E-state index contributed by atoms with van der Waals surface area (Å²) in [6.07, 6.45) is 0.207. The minimum Gasteiger partial charge on any atom is -0.343 e. The van der Waals surface area contributed by atoms with E-state index in [-0.39, 0.29) is 17.9 Å². The molecule has 0 unspecified atom stereocenters. The first-order valence-electron chi connectivity index (χ1n) is 6.41. The molecular weight excluding hydrogens is 242 g/mol. The Balaban J connectivity index is 2.39. The number of hydrogen-bond donors (Lipinski definition) is 1. The highest BCUT2D eigenvalue weighted by Gasteiger charge is 2.14. The molecule has 0 atom stereocenters. The molecule has 0 fully saturated rings. The molecule has 1 amide bonds. The van der Waals surface area contributed by atoms with Crippen LogP contribution in [0.1, 0.15) is 19.5 Å². The van der Waals surface area contributed by atoms with Crippen molar-refractivity contribution in [3.8, 4) is 0 Å². The Kier molecular flexibility index (Phi) is 3.94. The van der Waals surface area contributed by atoms with Gasteiger partial charge in [-0.3, -0.25) is 9.59 Å². The summed E-state index contributed by atoms with van der Waals surface area (Å²) in [5, 5.41) is 7.77. The maximum atomic E-state index is 12.1. The molecule has 2 rings (SSSR count). The number of amides is 1. The summed E-state index contributed by atoms with van der Waals surface area (Å²) < 4.78 is 0. The fourth-order valence-corrected chi connectivity index (χ4v) is 2.14. The van der Waals surface area contributed by atoms with E-state index in [9.17, 15) is 9.59 Å². The molecule has 0 aliphatic rings. The van der Waals surface area contributed by atoms with Crippen molar-refractivity contribution in [2.75, 3.05) is 13.1 Å². The lowest BCUT2D eigenvalue weighted by atomic mass is 10.1. The molecule has 0 saturated carbocycles. The van der Waals surface area contributed by atoms with Gasteiger partial charge in [0.15, 0.2) is 0 Å². The molecule has 1 heterocycles. The lowest BCUT2D eigenvalue weighted by Gasteiger charge is -2.18. The van der Waals surface area contributed by atoms with Gasteiger partial charge >= 0.3 is 0 Å². The summed E-state index contributed by atoms with van der Waals surface area (Å²) in [6.45, 7) is 5.24. The number of benzene rings is 1. The molecule has 5 heteroatoms. The number of rotatable bonds is 4. The van der Waals surface area contributed by atoms with Gasteiger partial charge in [0.1, 0.15) is 0 Å². The van der Waals surface area contributed by atoms with E-state index in [1.54, 1.807) is 17.0 Å². The Morgan fingerprint density at radius 1 is 1.21 bits per heavy atom. The third kappa shape index (κ3) is 2.65. The molecule has 0 saturated heterocycles. The Hall–Kier alpha value is -2.17. The van der Waals surface area contributed by atoms with Gasteiger partial charge in [0, 0.05) is 18.5 Å². The van der Waals surface area contributed by atoms with E-state index in [0.29, 0.717) is 24.2 Å².